The first-order valence-corrected chi connectivity index (χ1v) is 7.11. The molecule has 3 heteroatoms. The maximum absolute atomic E-state index is 11.3. The van der Waals surface area contributed by atoms with Crippen LogP contribution in [0.25, 0.3) is 0 Å². The van der Waals surface area contributed by atoms with Gasteiger partial charge in [0, 0.05) is 12.6 Å². The number of carbonyl (C=O) groups is 1. The van der Waals surface area contributed by atoms with Crippen molar-refractivity contribution < 1.29 is 4.79 Å². The fourth-order valence-electron chi connectivity index (χ4n) is 2.09. The Balaban J connectivity index is 0.000000345. The van der Waals surface area contributed by atoms with Crippen LogP contribution in [0.5, 0.6) is 0 Å². The van der Waals surface area contributed by atoms with E-state index in [4.69, 9.17) is 0 Å². The maximum Gasteiger partial charge on any atom is 0.236 e. The summed E-state index contributed by atoms with van der Waals surface area (Å²) in [6.07, 6.45) is 2.33. The van der Waals surface area contributed by atoms with Crippen molar-refractivity contribution in [2.45, 2.75) is 32.7 Å². The summed E-state index contributed by atoms with van der Waals surface area (Å²) in [5, 5.41) is 2.87. The van der Waals surface area contributed by atoms with E-state index in [1.807, 2.05) is 23.1 Å². The lowest BCUT2D eigenvalue weighted by molar-refractivity contribution is -0.130. The quantitative estimate of drug-likeness (QED) is 0.842. The molecule has 0 radical (unpaired) electrons. The lowest BCUT2D eigenvalue weighted by atomic mass is 10.2. The number of rotatable bonds is 2. The molecule has 1 unspecified atom stereocenters. The lowest BCUT2D eigenvalue weighted by Crippen LogP contribution is -2.38. The Bertz CT molecular complexity index is 365. The largest absolute Gasteiger partial charge is 0.339 e. The first kappa shape index (κ1) is 18.4. The molecule has 1 atom stereocenters. The molecular formula is C17H28N2O. The van der Waals surface area contributed by atoms with Gasteiger partial charge in [0.1, 0.15) is 0 Å². The number of likely N-dealkylation sites (tertiary alicyclic amines) is 1. The van der Waals surface area contributed by atoms with Crippen molar-refractivity contribution in [3.63, 3.8) is 0 Å². The molecule has 1 saturated heterocycles. The number of aryl methyl sites for hydroxylation is 1. The molecular weight excluding hydrogens is 248 g/mol. The normalized spacial score (nSPS) is 16.6. The molecule has 1 aromatic rings. The van der Waals surface area contributed by atoms with Crippen molar-refractivity contribution in [3.05, 3.63) is 49.1 Å². The van der Waals surface area contributed by atoms with Crippen molar-refractivity contribution >= 4 is 5.91 Å². The predicted octanol–water partition coefficient (Wildman–Crippen LogP) is 3.01. The average Bonchev–Trinajstić information content (AvgIpc) is 2.89. The van der Waals surface area contributed by atoms with Crippen LogP contribution in [0.2, 0.25) is 0 Å². The van der Waals surface area contributed by atoms with E-state index in [2.05, 4.69) is 44.5 Å². The van der Waals surface area contributed by atoms with Gasteiger partial charge in [-0.15, -0.1) is 13.2 Å². The SMILES string of the molecule is C=C.CNCC(=O)N1CCCC1C.Cc1ccccc1. The van der Waals surface area contributed by atoms with Crippen LogP contribution in [0, 0.1) is 6.92 Å². The smallest absolute Gasteiger partial charge is 0.236 e. The molecule has 3 nitrogen and oxygen atoms in total. The van der Waals surface area contributed by atoms with Gasteiger partial charge < -0.3 is 10.2 Å². The number of nitrogens with one attached hydrogen (secondary N) is 1. The highest BCUT2D eigenvalue weighted by atomic mass is 16.2. The molecule has 0 spiro atoms. The van der Waals surface area contributed by atoms with E-state index in [1.165, 1.54) is 5.56 Å². The first-order chi connectivity index (χ1) is 9.65. The zero-order chi connectivity index (χ0) is 15.4. The van der Waals surface area contributed by atoms with Gasteiger partial charge >= 0.3 is 0 Å². The maximum atomic E-state index is 11.3. The molecule has 112 valence electrons. The minimum absolute atomic E-state index is 0.234. The molecule has 1 N–H and O–H groups in total. The summed E-state index contributed by atoms with van der Waals surface area (Å²) in [5.74, 6) is 0.234. The second-order valence-corrected chi connectivity index (χ2v) is 4.76. The van der Waals surface area contributed by atoms with Gasteiger partial charge in [-0.05, 0) is 33.7 Å². The van der Waals surface area contributed by atoms with E-state index in [-0.39, 0.29) is 5.91 Å². The summed E-state index contributed by atoms with van der Waals surface area (Å²) < 4.78 is 0. The summed E-state index contributed by atoms with van der Waals surface area (Å²) in [5.41, 5.74) is 1.32. The summed E-state index contributed by atoms with van der Waals surface area (Å²) >= 11 is 0. The van der Waals surface area contributed by atoms with E-state index in [0.717, 1.165) is 19.4 Å². The number of amides is 1. The Morgan fingerprint density at radius 1 is 1.35 bits per heavy atom. The topological polar surface area (TPSA) is 32.3 Å². The molecule has 0 saturated carbocycles. The Morgan fingerprint density at radius 3 is 2.30 bits per heavy atom. The van der Waals surface area contributed by atoms with Crippen LogP contribution in [-0.4, -0.2) is 37.0 Å². The Hall–Kier alpha value is -1.61. The zero-order valence-electron chi connectivity index (χ0n) is 13.1. The van der Waals surface area contributed by atoms with E-state index in [9.17, 15) is 4.79 Å². The Morgan fingerprint density at radius 2 is 1.95 bits per heavy atom. The molecule has 2 rings (SSSR count). The van der Waals surface area contributed by atoms with E-state index >= 15 is 0 Å². The monoisotopic (exact) mass is 276 g/mol. The van der Waals surface area contributed by atoms with Gasteiger partial charge in [0.05, 0.1) is 6.54 Å². The van der Waals surface area contributed by atoms with Crippen LogP contribution in [-0.2, 0) is 4.79 Å². The molecule has 1 fully saturated rings. The molecule has 1 aliphatic heterocycles. The Labute approximate surface area is 123 Å². The highest BCUT2D eigenvalue weighted by molar-refractivity contribution is 5.78. The molecule has 1 aliphatic rings. The highest BCUT2D eigenvalue weighted by Crippen LogP contribution is 2.15. The molecule has 1 aromatic carbocycles. The van der Waals surface area contributed by atoms with E-state index in [1.54, 1.807) is 7.05 Å². The van der Waals surface area contributed by atoms with Crippen LogP contribution in [0.15, 0.2) is 43.5 Å². The van der Waals surface area contributed by atoms with Crippen LogP contribution in [0.3, 0.4) is 0 Å². The third-order valence-electron chi connectivity index (χ3n) is 3.14. The Kier molecular flexibility index (Phi) is 10.3. The fraction of sp³-hybridized carbons (Fsp3) is 0.471. The molecule has 0 aliphatic carbocycles. The molecule has 0 aromatic heterocycles. The van der Waals surface area contributed by atoms with Crippen molar-refractivity contribution in [2.75, 3.05) is 20.1 Å². The molecule has 1 heterocycles. The number of benzene rings is 1. The minimum atomic E-state index is 0.234. The summed E-state index contributed by atoms with van der Waals surface area (Å²) in [6.45, 7) is 11.6. The zero-order valence-corrected chi connectivity index (χ0v) is 13.1. The number of hydrogen-bond donors (Lipinski definition) is 1. The summed E-state index contributed by atoms with van der Waals surface area (Å²) in [4.78, 5) is 13.3. The summed E-state index contributed by atoms with van der Waals surface area (Å²) in [7, 11) is 1.80. The van der Waals surface area contributed by atoms with Gasteiger partial charge in [-0.25, -0.2) is 0 Å². The first-order valence-electron chi connectivity index (χ1n) is 7.11. The van der Waals surface area contributed by atoms with Crippen LogP contribution < -0.4 is 5.32 Å². The number of nitrogens with zero attached hydrogens (tertiary/aromatic N) is 1. The van der Waals surface area contributed by atoms with Crippen LogP contribution in [0.4, 0.5) is 0 Å². The second-order valence-electron chi connectivity index (χ2n) is 4.76. The van der Waals surface area contributed by atoms with Crippen LogP contribution in [0.1, 0.15) is 25.3 Å². The van der Waals surface area contributed by atoms with E-state index < -0.39 is 0 Å². The molecule has 0 bridgehead atoms. The highest BCUT2D eigenvalue weighted by Gasteiger charge is 2.23. The molecule has 20 heavy (non-hydrogen) atoms. The summed E-state index contributed by atoms with van der Waals surface area (Å²) in [6, 6.07) is 10.7. The van der Waals surface area contributed by atoms with Crippen molar-refractivity contribution in [1.82, 2.24) is 10.2 Å². The molecule has 1 amide bonds. The van der Waals surface area contributed by atoms with E-state index in [0.29, 0.717) is 12.6 Å². The number of carbonyl (C=O) groups excluding carboxylic acids is 1. The van der Waals surface area contributed by atoms with Crippen LogP contribution >= 0.6 is 0 Å². The average molecular weight is 276 g/mol. The fourth-order valence-corrected chi connectivity index (χ4v) is 2.09. The standard InChI is InChI=1S/C8H16N2O.C7H8.C2H4/c1-7-4-3-5-10(7)8(11)6-9-2;1-7-5-3-2-4-6-7;1-2/h7,9H,3-6H2,1-2H3;2-6H,1H3;1-2H2. The van der Waals surface area contributed by atoms with Gasteiger partial charge in [-0.1, -0.05) is 35.9 Å². The third kappa shape index (κ3) is 7.10. The number of hydrogen-bond acceptors (Lipinski definition) is 2. The van der Waals surface area contributed by atoms with Gasteiger partial charge in [0.25, 0.3) is 0 Å². The van der Waals surface area contributed by atoms with Crippen molar-refractivity contribution in [3.8, 4) is 0 Å². The van der Waals surface area contributed by atoms with Gasteiger partial charge in [0.15, 0.2) is 0 Å². The van der Waals surface area contributed by atoms with Gasteiger partial charge in [0.2, 0.25) is 5.91 Å². The van der Waals surface area contributed by atoms with Gasteiger partial charge in [-0.3, -0.25) is 4.79 Å². The minimum Gasteiger partial charge on any atom is -0.339 e. The van der Waals surface area contributed by atoms with Gasteiger partial charge in [-0.2, -0.15) is 0 Å². The number of likely N-dealkylation sites (N-methyl/N-ethyl adjacent to an activating group) is 1. The second kappa shape index (κ2) is 11.2. The van der Waals surface area contributed by atoms with Crippen molar-refractivity contribution in [2.24, 2.45) is 0 Å². The third-order valence-corrected chi connectivity index (χ3v) is 3.14. The lowest BCUT2D eigenvalue weighted by Gasteiger charge is -2.20. The predicted molar refractivity (Wildman–Crippen MR) is 86.8 cm³/mol. The van der Waals surface area contributed by atoms with Crippen molar-refractivity contribution in [1.29, 1.82) is 0 Å².